The lowest BCUT2D eigenvalue weighted by atomic mass is 10.1. The molecule has 0 saturated carbocycles. The second kappa shape index (κ2) is 12.0. The van der Waals surface area contributed by atoms with E-state index < -0.39 is 10.0 Å². The molecule has 3 N–H and O–H groups in total. The number of guanidine groups is 1. The van der Waals surface area contributed by atoms with Crippen LogP contribution in [0.25, 0.3) is 0 Å². The van der Waals surface area contributed by atoms with Crippen LogP contribution in [-0.4, -0.2) is 47.3 Å². The molecule has 0 aromatic carbocycles. The summed E-state index contributed by atoms with van der Waals surface area (Å²) >= 11 is 1.78. The van der Waals surface area contributed by atoms with Crippen LogP contribution < -0.4 is 15.4 Å². The Balaban J connectivity index is 0.00000484. The quantitative estimate of drug-likeness (QED) is 0.220. The molecule has 0 saturated heterocycles. The predicted molar refractivity (Wildman–Crippen MR) is 109 cm³/mol. The molecule has 1 unspecified atom stereocenters. The predicted octanol–water partition coefficient (Wildman–Crippen LogP) is 1.65. The van der Waals surface area contributed by atoms with Gasteiger partial charge in [0.25, 0.3) is 0 Å². The van der Waals surface area contributed by atoms with E-state index in [9.17, 15) is 8.42 Å². The molecule has 1 aromatic rings. The number of hydrogen-bond donors (Lipinski definition) is 3. The van der Waals surface area contributed by atoms with Crippen LogP contribution in [0.3, 0.4) is 0 Å². The van der Waals surface area contributed by atoms with E-state index >= 15 is 0 Å². The Morgan fingerprint density at radius 2 is 2.09 bits per heavy atom. The highest BCUT2D eigenvalue weighted by molar-refractivity contribution is 14.0. The van der Waals surface area contributed by atoms with Crippen LogP contribution in [-0.2, 0) is 16.4 Å². The Hall–Kier alpha value is -0.390. The fraction of sp³-hybridized carbons (Fsp3) is 0.643. The van der Waals surface area contributed by atoms with Gasteiger partial charge in [0.2, 0.25) is 10.0 Å². The Kier molecular flexibility index (Phi) is 11.8. The van der Waals surface area contributed by atoms with Crippen molar-refractivity contribution in [1.82, 2.24) is 15.4 Å². The Bertz CT molecular complexity index is 547. The summed E-state index contributed by atoms with van der Waals surface area (Å²) in [6, 6.07) is 4.23. The van der Waals surface area contributed by atoms with Crippen molar-refractivity contribution in [2.24, 2.45) is 10.9 Å². The smallest absolute Gasteiger partial charge is 0.208 e. The summed E-state index contributed by atoms with van der Waals surface area (Å²) in [7, 11) is -1.37. The first-order valence-electron chi connectivity index (χ1n) is 7.32. The lowest BCUT2D eigenvalue weighted by molar-refractivity contribution is 0.560. The molecule has 1 aromatic heterocycles. The Morgan fingerprint density at radius 1 is 1.35 bits per heavy atom. The molecule has 6 nitrogen and oxygen atoms in total. The summed E-state index contributed by atoms with van der Waals surface area (Å²) in [6.45, 7) is 4.15. The summed E-state index contributed by atoms with van der Waals surface area (Å²) in [5.74, 6) is 1.27. The van der Waals surface area contributed by atoms with E-state index in [-0.39, 0.29) is 24.0 Å². The van der Waals surface area contributed by atoms with Gasteiger partial charge in [-0.05, 0) is 30.2 Å². The van der Waals surface area contributed by atoms with Crippen molar-refractivity contribution in [2.45, 2.75) is 19.8 Å². The number of nitrogens with zero attached hydrogens (tertiary/aromatic N) is 1. The average Bonchev–Trinajstić information content (AvgIpc) is 2.93. The van der Waals surface area contributed by atoms with Crippen LogP contribution in [0.2, 0.25) is 0 Å². The van der Waals surface area contributed by atoms with Gasteiger partial charge >= 0.3 is 0 Å². The SMILES string of the molecule is CN=C(NCCCNS(C)(=O)=O)NCC(C)Cc1cccs1.I. The minimum atomic E-state index is -3.10. The molecule has 0 aliphatic rings. The van der Waals surface area contributed by atoms with Gasteiger partial charge < -0.3 is 10.6 Å². The van der Waals surface area contributed by atoms with Gasteiger partial charge in [0, 0.05) is 31.6 Å². The number of hydrogen-bond acceptors (Lipinski definition) is 4. The van der Waals surface area contributed by atoms with Gasteiger partial charge in [0.05, 0.1) is 6.26 Å². The number of aliphatic imine (C=N–C) groups is 1. The highest BCUT2D eigenvalue weighted by Gasteiger charge is 2.06. The molecule has 1 atom stereocenters. The number of halogens is 1. The van der Waals surface area contributed by atoms with Gasteiger partial charge in [0.15, 0.2) is 5.96 Å². The third-order valence-electron chi connectivity index (χ3n) is 2.98. The monoisotopic (exact) mass is 474 g/mol. The third kappa shape index (κ3) is 11.7. The molecule has 134 valence electrons. The number of sulfonamides is 1. The summed E-state index contributed by atoms with van der Waals surface area (Å²) in [5, 5.41) is 8.57. The van der Waals surface area contributed by atoms with Gasteiger partial charge in [-0.2, -0.15) is 0 Å². The van der Waals surface area contributed by atoms with E-state index in [2.05, 4.69) is 44.8 Å². The van der Waals surface area contributed by atoms with E-state index in [1.165, 1.54) is 4.88 Å². The fourth-order valence-corrected chi connectivity index (χ4v) is 3.27. The lowest BCUT2D eigenvalue weighted by Crippen LogP contribution is -2.40. The van der Waals surface area contributed by atoms with Crippen LogP contribution in [0.15, 0.2) is 22.5 Å². The highest BCUT2D eigenvalue weighted by atomic mass is 127. The molecule has 0 amide bonds. The third-order valence-corrected chi connectivity index (χ3v) is 4.61. The first-order chi connectivity index (χ1) is 10.4. The molecule has 1 heterocycles. The molecule has 0 radical (unpaired) electrons. The molecule has 0 aliphatic carbocycles. The largest absolute Gasteiger partial charge is 0.356 e. The van der Waals surface area contributed by atoms with Gasteiger partial charge in [-0.25, -0.2) is 13.1 Å². The van der Waals surface area contributed by atoms with E-state index in [0.717, 1.165) is 25.2 Å². The second-order valence-electron chi connectivity index (χ2n) is 5.29. The Labute approximate surface area is 160 Å². The normalized spacial score (nSPS) is 13.3. The first kappa shape index (κ1) is 22.6. The van der Waals surface area contributed by atoms with Crippen LogP contribution in [0.4, 0.5) is 0 Å². The van der Waals surface area contributed by atoms with E-state index in [4.69, 9.17) is 0 Å². The lowest BCUT2D eigenvalue weighted by Gasteiger charge is -2.15. The van der Waals surface area contributed by atoms with Crippen molar-refractivity contribution in [1.29, 1.82) is 0 Å². The van der Waals surface area contributed by atoms with Crippen LogP contribution in [0.1, 0.15) is 18.2 Å². The van der Waals surface area contributed by atoms with Gasteiger partial charge in [0.1, 0.15) is 0 Å². The topological polar surface area (TPSA) is 82.6 Å². The summed E-state index contributed by atoms with van der Waals surface area (Å²) < 4.78 is 24.3. The molecular weight excluding hydrogens is 447 g/mol. The molecule has 0 aliphatic heterocycles. The van der Waals surface area contributed by atoms with Crippen LogP contribution in [0, 0.1) is 5.92 Å². The zero-order chi connectivity index (χ0) is 16.4. The second-order valence-corrected chi connectivity index (χ2v) is 8.15. The summed E-state index contributed by atoms with van der Waals surface area (Å²) in [5.41, 5.74) is 0. The zero-order valence-electron chi connectivity index (χ0n) is 13.8. The van der Waals surface area contributed by atoms with Crippen molar-refractivity contribution in [3.05, 3.63) is 22.4 Å². The number of rotatable bonds is 9. The van der Waals surface area contributed by atoms with Gasteiger partial charge in [-0.15, -0.1) is 35.3 Å². The minimum Gasteiger partial charge on any atom is -0.356 e. The van der Waals surface area contributed by atoms with Crippen LogP contribution >= 0.6 is 35.3 Å². The molecule has 0 spiro atoms. The molecule has 1 rings (SSSR count). The van der Waals surface area contributed by atoms with Gasteiger partial charge in [-0.3, -0.25) is 4.99 Å². The maximum Gasteiger partial charge on any atom is 0.208 e. The van der Waals surface area contributed by atoms with Crippen molar-refractivity contribution in [3.63, 3.8) is 0 Å². The maximum atomic E-state index is 10.9. The molecule has 0 bridgehead atoms. The minimum absolute atomic E-state index is 0. The molecule has 23 heavy (non-hydrogen) atoms. The van der Waals surface area contributed by atoms with E-state index in [1.807, 2.05) is 0 Å². The highest BCUT2D eigenvalue weighted by Crippen LogP contribution is 2.13. The Morgan fingerprint density at radius 3 is 2.65 bits per heavy atom. The van der Waals surface area contributed by atoms with Crippen molar-refractivity contribution in [2.75, 3.05) is 32.9 Å². The van der Waals surface area contributed by atoms with Crippen molar-refractivity contribution >= 4 is 51.3 Å². The fourth-order valence-electron chi connectivity index (χ4n) is 1.89. The number of nitrogens with one attached hydrogen (secondary N) is 3. The van der Waals surface area contributed by atoms with Gasteiger partial charge in [-0.1, -0.05) is 13.0 Å². The average molecular weight is 474 g/mol. The zero-order valence-corrected chi connectivity index (χ0v) is 17.8. The van der Waals surface area contributed by atoms with Crippen LogP contribution in [0.5, 0.6) is 0 Å². The summed E-state index contributed by atoms with van der Waals surface area (Å²) in [6.07, 6.45) is 2.92. The first-order valence-corrected chi connectivity index (χ1v) is 10.1. The maximum absolute atomic E-state index is 10.9. The van der Waals surface area contributed by atoms with Crippen molar-refractivity contribution < 1.29 is 8.42 Å². The molecule has 0 fully saturated rings. The number of thiophene rings is 1. The summed E-state index contributed by atoms with van der Waals surface area (Å²) in [4.78, 5) is 5.55. The van der Waals surface area contributed by atoms with Crippen molar-refractivity contribution in [3.8, 4) is 0 Å². The van der Waals surface area contributed by atoms with E-state index in [0.29, 0.717) is 25.4 Å². The standard InChI is InChI=1S/C14H26N4O2S2.HI/c1-12(10-13-6-4-9-21-13)11-17-14(15-2)16-7-5-8-18-22(3,19)20;/h4,6,9,12,18H,5,7-8,10-11H2,1-3H3,(H2,15,16,17);1H. The molecular formula is C14H27IN4O2S2. The van der Waals surface area contributed by atoms with E-state index in [1.54, 1.807) is 18.4 Å². The molecule has 9 heteroatoms.